The first-order valence-electron chi connectivity index (χ1n) is 17.9. The fourth-order valence-electron chi connectivity index (χ4n) is 8.58. The smallest absolute Gasteiger partial charge is 0.227 e. The molecule has 2 bridgehead atoms. The standard InChI is InChI=1S/C44H42ClN4O3/c1-4-30-28-49(27-29-23-34(50-2)26-35(24-29)51-3)22-20-33(30)25-39(49)41(37-19-21-46-38-18-12-11-17-36(37)38)52-44-40(31-13-7-5-8-14-31)42(45)47-43(48-44)32-15-9-6-10-16-32/h4-19,21,23-24,26,30,33,39,41H,1,20,22,25,27-28H2,2-3H3/q+1/t30?,33?,39?,41-,49?/m0/s1. The second kappa shape index (κ2) is 14.4. The molecule has 3 saturated heterocycles. The number of benzene rings is 4. The summed E-state index contributed by atoms with van der Waals surface area (Å²) in [7, 11) is 3.40. The molecule has 0 amide bonds. The molecule has 7 nitrogen and oxygen atoms in total. The van der Waals surface area contributed by atoms with Gasteiger partial charge in [0.1, 0.15) is 29.2 Å². The van der Waals surface area contributed by atoms with Crippen LogP contribution in [0.4, 0.5) is 0 Å². The van der Waals surface area contributed by atoms with Crippen LogP contribution in [0.5, 0.6) is 17.4 Å². The fourth-order valence-corrected chi connectivity index (χ4v) is 8.85. The molecular weight excluding hydrogens is 668 g/mol. The van der Waals surface area contributed by atoms with Gasteiger partial charge in [-0.1, -0.05) is 96.5 Å². The van der Waals surface area contributed by atoms with Crippen LogP contribution in [0.2, 0.25) is 5.15 Å². The minimum Gasteiger partial charge on any atom is -0.497 e. The summed E-state index contributed by atoms with van der Waals surface area (Å²) in [6.45, 7) is 7.04. The molecule has 6 aromatic rings. The summed E-state index contributed by atoms with van der Waals surface area (Å²) in [4.78, 5) is 14.7. The summed E-state index contributed by atoms with van der Waals surface area (Å²) in [5, 5.41) is 1.40. The Morgan fingerprint density at radius 2 is 1.56 bits per heavy atom. The third kappa shape index (κ3) is 6.40. The second-order valence-corrected chi connectivity index (χ2v) is 14.3. The van der Waals surface area contributed by atoms with Crippen LogP contribution in [-0.2, 0) is 6.54 Å². The van der Waals surface area contributed by atoms with Gasteiger partial charge >= 0.3 is 0 Å². The first-order chi connectivity index (χ1) is 25.5. The number of aromatic nitrogens is 3. The molecule has 52 heavy (non-hydrogen) atoms. The number of hydrogen-bond acceptors (Lipinski definition) is 6. The van der Waals surface area contributed by atoms with E-state index in [1.807, 2.05) is 79.0 Å². The Labute approximate surface area is 310 Å². The summed E-state index contributed by atoms with van der Waals surface area (Å²) in [6, 6.07) is 36.7. The first-order valence-corrected chi connectivity index (χ1v) is 18.3. The SMILES string of the molecule is C=CC1C[N+]2(Cc3cc(OC)cc(OC)c3)CCC1CC2[C@@H](Oc1nc(-c2ccccc2)nc(Cl)c1-c1ccccc1)c1ccnc2ccccc12. The minimum absolute atomic E-state index is 0.0653. The van der Waals surface area contributed by atoms with Crippen LogP contribution < -0.4 is 14.2 Å². The predicted octanol–water partition coefficient (Wildman–Crippen LogP) is 9.76. The molecule has 5 heterocycles. The third-order valence-electron chi connectivity index (χ3n) is 11.1. The maximum atomic E-state index is 7.50. The van der Waals surface area contributed by atoms with Crippen molar-refractivity contribution in [1.29, 1.82) is 0 Å². The Balaban J connectivity index is 1.33. The Morgan fingerprint density at radius 1 is 0.865 bits per heavy atom. The minimum atomic E-state index is -0.397. The molecular formula is C44H42ClN4O3+. The van der Waals surface area contributed by atoms with Crippen molar-refractivity contribution in [3.63, 3.8) is 0 Å². The predicted molar refractivity (Wildman–Crippen MR) is 206 cm³/mol. The lowest BCUT2D eigenvalue weighted by molar-refractivity contribution is -0.984. The molecule has 262 valence electrons. The topological polar surface area (TPSA) is 66.4 Å². The lowest BCUT2D eigenvalue weighted by atomic mass is 9.71. The molecule has 0 spiro atoms. The average molecular weight is 710 g/mol. The maximum absolute atomic E-state index is 7.50. The monoisotopic (exact) mass is 709 g/mol. The number of pyridine rings is 1. The van der Waals surface area contributed by atoms with Gasteiger partial charge in [-0.25, -0.2) is 4.98 Å². The van der Waals surface area contributed by atoms with Gasteiger partial charge < -0.3 is 18.7 Å². The van der Waals surface area contributed by atoms with Gasteiger partial charge in [-0.05, 0) is 35.7 Å². The number of para-hydroxylation sites is 1. The van der Waals surface area contributed by atoms with Gasteiger partial charge in [-0.2, -0.15) is 4.98 Å². The summed E-state index contributed by atoms with van der Waals surface area (Å²) in [5.74, 6) is 3.42. The van der Waals surface area contributed by atoms with Crippen LogP contribution in [0, 0.1) is 11.8 Å². The normalized spacial score (nSPS) is 21.4. The highest BCUT2D eigenvalue weighted by atomic mass is 35.5. The number of hydrogen-bond donors (Lipinski definition) is 0. The van der Waals surface area contributed by atoms with Gasteiger partial charge in [0.15, 0.2) is 11.9 Å². The van der Waals surface area contributed by atoms with Crippen LogP contribution in [-0.4, -0.2) is 52.8 Å². The molecule has 3 aliphatic rings. The molecule has 4 unspecified atom stereocenters. The quantitative estimate of drug-likeness (QED) is 0.0758. The average Bonchev–Trinajstić information content (AvgIpc) is 3.20. The Bertz CT molecular complexity index is 2190. The highest BCUT2D eigenvalue weighted by Gasteiger charge is 2.55. The van der Waals surface area contributed by atoms with Crippen molar-refractivity contribution in [2.45, 2.75) is 31.5 Å². The molecule has 0 N–H and O–H groups in total. The lowest BCUT2D eigenvalue weighted by Gasteiger charge is -2.58. The van der Waals surface area contributed by atoms with Crippen molar-refractivity contribution in [2.24, 2.45) is 11.8 Å². The van der Waals surface area contributed by atoms with Crippen molar-refractivity contribution in [1.82, 2.24) is 15.0 Å². The first kappa shape index (κ1) is 33.9. The second-order valence-electron chi connectivity index (χ2n) is 14.0. The molecule has 3 fully saturated rings. The van der Waals surface area contributed by atoms with E-state index in [9.17, 15) is 0 Å². The molecule has 0 aliphatic carbocycles. The van der Waals surface area contributed by atoms with Crippen molar-refractivity contribution < 1.29 is 18.7 Å². The van der Waals surface area contributed by atoms with E-state index in [4.69, 9.17) is 40.8 Å². The van der Waals surface area contributed by atoms with Gasteiger partial charge in [0.25, 0.3) is 0 Å². The fraction of sp³-hybridized carbons (Fsp3) is 0.250. The zero-order chi connectivity index (χ0) is 35.7. The van der Waals surface area contributed by atoms with Gasteiger partial charge in [0.05, 0.1) is 38.4 Å². The molecule has 0 saturated carbocycles. The van der Waals surface area contributed by atoms with E-state index in [1.54, 1.807) is 14.2 Å². The van der Waals surface area contributed by atoms with Crippen molar-refractivity contribution in [3.8, 4) is 39.9 Å². The zero-order valence-corrected chi connectivity index (χ0v) is 30.2. The molecule has 3 aliphatic heterocycles. The molecule has 0 radical (unpaired) electrons. The van der Waals surface area contributed by atoms with E-state index in [-0.39, 0.29) is 6.04 Å². The molecule has 5 atom stereocenters. The van der Waals surface area contributed by atoms with Gasteiger partial charge in [0, 0.05) is 53.1 Å². The van der Waals surface area contributed by atoms with Crippen LogP contribution in [0.15, 0.2) is 128 Å². The van der Waals surface area contributed by atoms with Gasteiger partial charge in [0.2, 0.25) is 5.88 Å². The van der Waals surface area contributed by atoms with Crippen LogP contribution in [0.25, 0.3) is 33.4 Å². The van der Waals surface area contributed by atoms with Crippen molar-refractivity contribution in [2.75, 3.05) is 27.3 Å². The number of halogens is 1. The Hall–Kier alpha value is -5.24. The van der Waals surface area contributed by atoms with E-state index < -0.39 is 6.10 Å². The van der Waals surface area contributed by atoms with Gasteiger partial charge in [-0.3, -0.25) is 4.98 Å². The largest absolute Gasteiger partial charge is 0.497 e. The number of fused-ring (bicyclic) bond motifs is 4. The van der Waals surface area contributed by atoms with E-state index in [1.165, 1.54) is 0 Å². The van der Waals surface area contributed by atoms with E-state index in [0.717, 1.165) is 81.6 Å². The number of quaternary nitrogens is 1. The van der Waals surface area contributed by atoms with Crippen LogP contribution in [0.3, 0.4) is 0 Å². The van der Waals surface area contributed by atoms with Crippen molar-refractivity contribution in [3.05, 3.63) is 144 Å². The summed E-state index contributed by atoms with van der Waals surface area (Å²) < 4.78 is 19.8. The lowest BCUT2D eigenvalue weighted by Crippen LogP contribution is -2.68. The number of methoxy groups -OCH3 is 2. The van der Waals surface area contributed by atoms with Crippen LogP contribution in [0.1, 0.15) is 30.1 Å². The van der Waals surface area contributed by atoms with E-state index in [0.29, 0.717) is 34.3 Å². The highest BCUT2D eigenvalue weighted by Crippen LogP contribution is 2.50. The van der Waals surface area contributed by atoms with E-state index in [2.05, 4.69) is 49.1 Å². The molecule has 4 aromatic carbocycles. The number of ether oxygens (including phenoxy) is 3. The van der Waals surface area contributed by atoms with Crippen molar-refractivity contribution >= 4 is 22.5 Å². The molecule has 9 rings (SSSR count). The summed E-state index contributed by atoms with van der Waals surface area (Å²) in [6.07, 6.45) is 5.75. The number of nitrogens with zero attached hydrogens (tertiary/aromatic N) is 4. The highest BCUT2D eigenvalue weighted by molar-refractivity contribution is 6.32. The Kier molecular flexibility index (Phi) is 9.39. The van der Waals surface area contributed by atoms with E-state index >= 15 is 0 Å². The number of piperidine rings is 3. The summed E-state index contributed by atoms with van der Waals surface area (Å²) >= 11 is 7.14. The summed E-state index contributed by atoms with van der Waals surface area (Å²) in [5.41, 5.74) is 5.59. The third-order valence-corrected chi connectivity index (χ3v) is 11.4. The Morgan fingerprint density at radius 3 is 2.27 bits per heavy atom. The number of rotatable bonds is 11. The zero-order valence-electron chi connectivity index (χ0n) is 29.5. The van der Waals surface area contributed by atoms with Crippen LogP contribution >= 0.6 is 11.6 Å². The van der Waals surface area contributed by atoms with Gasteiger partial charge in [-0.15, -0.1) is 6.58 Å². The maximum Gasteiger partial charge on any atom is 0.227 e. The molecule has 2 aromatic heterocycles. The molecule has 8 heteroatoms.